The van der Waals surface area contributed by atoms with Crippen LogP contribution in [0.3, 0.4) is 0 Å². The Balaban J connectivity index is 1.40. The molecule has 176 valence electrons. The molecule has 2 aromatic rings. The lowest BCUT2D eigenvalue weighted by Crippen LogP contribution is -2.61. The zero-order valence-electron chi connectivity index (χ0n) is 17.8. The number of amides is 2. The molecule has 2 amide bonds. The van der Waals surface area contributed by atoms with Gasteiger partial charge in [-0.3, -0.25) is 9.69 Å². The van der Waals surface area contributed by atoms with Gasteiger partial charge in [0.05, 0.1) is 12.2 Å². The number of carbonyl (C=O) groups is 2. The topological polar surface area (TPSA) is 102 Å². The van der Waals surface area contributed by atoms with Crippen molar-refractivity contribution < 1.29 is 14.7 Å². The maximum absolute atomic E-state index is 12.7. The van der Waals surface area contributed by atoms with Crippen molar-refractivity contribution in [3.8, 4) is 0 Å². The van der Waals surface area contributed by atoms with Crippen LogP contribution in [-0.4, -0.2) is 75.6 Å². The van der Waals surface area contributed by atoms with E-state index in [1.54, 1.807) is 23.2 Å². The average molecular weight is 514 g/mol. The van der Waals surface area contributed by atoms with Crippen molar-refractivity contribution in [3.05, 3.63) is 45.0 Å². The first-order chi connectivity index (χ1) is 15.7. The van der Waals surface area contributed by atoms with Crippen molar-refractivity contribution in [2.24, 2.45) is 0 Å². The van der Waals surface area contributed by atoms with E-state index < -0.39 is 12.1 Å². The van der Waals surface area contributed by atoms with Gasteiger partial charge in [0.25, 0.3) is 0 Å². The van der Waals surface area contributed by atoms with E-state index in [1.165, 1.54) is 4.90 Å². The SMILES string of the molecule is C[C@@H](Nc1nc(N2CCN(C(=O)[C@H]3CCN3C(=O)O)CC2)ncc1Cl)c1ccc(Cl)cc1Cl. The smallest absolute Gasteiger partial charge is 0.407 e. The number of likely N-dealkylation sites (tertiary alicyclic amines) is 1. The van der Waals surface area contributed by atoms with E-state index in [4.69, 9.17) is 39.9 Å². The summed E-state index contributed by atoms with van der Waals surface area (Å²) >= 11 is 18.6. The van der Waals surface area contributed by atoms with Gasteiger partial charge in [-0.15, -0.1) is 0 Å². The maximum Gasteiger partial charge on any atom is 0.407 e. The Labute approximate surface area is 206 Å². The number of nitrogens with one attached hydrogen (secondary N) is 1. The van der Waals surface area contributed by atoms with Crippen molar-refractivity contribution >= 4 is 58.6 Å². The quantitative estimate of drug-likeness (QED) is 0.623. The molecule has 2 atom stereocenters. The lowest BCUT2D eigenvalue weighted by Gasteiger charge is -2.42. The van der Waals surface area contributed by atoms with E-state index in [0.717, 1.165) is 5.56 Å². The molecule has 0 bridgehead atoms. The van der Waals surface area contributed by atoms with Gasteiger partial charge >= 0.3 is 6.09 Å². The Morgan fingerprint density at radius 2 is 1.85 bits per heavy atom. The number of carbonyl (C=O) groups excluding carboxylic acids is 1. The molecule has 0 aliphatic carbocycles. The van der Waals surface area contributed by atoms with E-state index in [2.05, 4.69) is 15.3 Å². The highest BCUT2D eigenvalue weighted by Crippen LogP contribution is 2.31. The summed E-state index contributed by atoms with van der Waals surface area (Å²) in [4.78, 5) is 37.6. The first-order valence-corrected chi connectivity index (χ1v) is 11.7. The highest BCUT2D eigenvalue weighted by atomic mass is 35.5. The van der Waals surface area contributed by atoms with Crippen LogP contribution in [-0.2, 0) is 4.79 Å². The Hall–Kier alpha value is -2.49. The van der Waals surface area contributed by atoms with Crippen LogP contribution in [0.25, 0.3) is 0 Å². The Morgan fingerprint density at radius 3 is 2.45 bits per heavy atom. The average Bonchev–Trinajstić information content (AvgIpc) is 2.74. The van der Waals surface area contributed by atoms with Crippen LogP contribution in [0.15, 0.2) is 24.4 Å². The van der Waals surface area contributed by atoms with Crippen molar-refractivity contribution in [3.63, 3.8) is 0 Å². The molecule has 0 radical (unpaired) electrons. The maximum atomic E-state index is 12.7. The van der Waals surface area contributed by atoms with Crippen LogP contribution < -0.4 is 10.2 Å². The summed E-state index contributed by atoms with van der Waals surface area (Å²) in [6, 6.07) is 4.56. The van der Waals surface area contributed by atoms with Crippen molar-refractivity contribution in [1.82, 2.24) is 19.8 Å². The molecule has 33 heavy (non-hydrogen) atoms. The standard InChI is InChI=1S/C21H23Cl3N6O3/c1-12(14-3-2-13(22)10-15(14)23)26-18-16(24)11-25-20(27-18)29-8-6-28(7-9-29)19(31)17-4-5-30(17)21(32)33/h2-3,10-12,17H,4-9H2,1H3,(H,32,33)(H,25,26,27)/t12-,17-/m1/s1. The van der Waals surface area contributed by atoms with E-state index in [-0.39, 0.29) is 11.9 Å². The number of hydrogen-bond acceptors (Lipinski definition) is 6. The first kappa shape index (κ1) is 23.7. The van der Waals surface area contributed by atoms with Gasteiger partial charge in [0, 0.05) is 42.8 Å². The number of carboxylic acid groups (broad SMARTS) is 1. The van der Waals surface area contributed by atoms with Gasteiger partial charge in [-0.25, -0.2) is 9.78 Å². The summed E-state index contributed by atoms with van der Waals surface area (Å²) in [7, 11) is 0. The number of hydrogen-bond donors (Lipinski definition) is 2. The van der Waals surface area contributed by atoms with Crippen LogP contribution in [0.2, 0.25) is 15.1 Å². The molecule has 9 nitrogen and oxygen atoms in total. The highest BCUT2D eigenvalue weighted by Gasteiger charge is 2.40. The normalized spacial score (nSPS) is 19.2. The van der Waals surface area contributed by atoms with Gasteiger partial charge in [-0.2, -0.15) is 4.98 Å². The van der Waals surface area contributed by atoms with Crippen molar-refractivity contribution in [2.45, 2.75) is 25.4 Å². The Kier molecular flexibility index (Phi) is 7.02. The van der Waals surface area contributed by atoms with Crippen LogP contribution >= 0.6 is 34.8 Å². The molecule has 2 aliphatic rings. The molecule has 0 unspecified atom stereocenters. The van der Waals surface area contributed by atoms with Gasteiger partial charge < -0.3 is 20.2 Å². The molecular weight excluding hydrogens is 491 g/mol. The van der Waals surface area contributed by atoms with Crippen LogP contribution in [0, 0.1) is 0 Å². The lowest BCUT2D eigenvalue weighted by molar-refractivity contribution is -0.140. The fourth-order valence-corrected chi connectivity index (χ4v) is 4.68. The summed E-state index contributed by atoms with van der Waals surface area (Å²) in [5.41, 5.74) is 0.857. The fraction of sp³-hybridized carbons (Fsp3) is 0.429. The minimum atomic E-state index is -1.05. The molecule has 4 rings (SSSR count). The molecule has 0 spiro atoms. The van der Waals surface area contributed by atoms with Gasteiger partial charge in [-0.05, 0) is 31.0 Å². The number of rotatable bonds is 5. The monoisotopic (exact) mass is 512 g/mol. The highest BCUT2D eigenvalue weighted by molar-refractivity contribution is 6.35. The number of halogens is 3. The molecule has 12 heteroatoms. The predicted molar refractivity (Wildman–Crippen MR) is 127 cm³/mol. The van der Waals surface area contributed by atoms with Crippen molar-refractivity contribution in [2.75, 3.05) is 42.9 Å². The van der Waals surface area contributed by atoms with E-state index >= 15 is 0 Å². The number of aromatic nitrogens is 2. The van der Waals surface area contributed by atoms with Gasteiger partial charge in [0.2, 0.25) is 11.9 Å². The molecule has 2 fully saturated rings. The minimum absolute atomic E-state index is 0.142. The number of piperazine rings is 1. The minimum Gasteiger partial charge on any atom is -0.465 e. The molecule has 2 saturated heterocycles. The molecule has 1 aromatic carbocycles. The van der Waals surface area contributed by atoms with E-state index in [0.29, 0.717) is 66.0 Å². The van der Waals surface area contributed by atoms with E-state index in [1.807, 2.05) is 17.9 Å². The molecule has 2 N–H and O–H groups in total. The molecule has 0 saturated carbocycles. The third kappa shape index (κ3) is 5.05. The number of benzene rings is 1. The second-order valence-electron chi connectivity index (χ2n) is 7.99. The molecule has 1 aromatic heterocycles. The number of anilines is 2. The summed E-state index contributed by atoms with van der Waals surface area (Å²) in [5, 5.41) is 13.9. The lowest BCUT2D eigenvalue weighted by atomic mass is 10.0. The second-order valence-corrected chi connectivity index (χ2v) is 9.24. The molecule has 2 aliphatic heterocycles. The van der Waals surface area contributed by atoms with Gasteiger partial charge in [0.1, 0.15) is 11.1 Å². The fourth-order valence-electron chi connectivity index (χ4n) is 3.96. The largest absolute Gasteiger partial charge is 0.465 e. The van der Waals surface area contributed by atoms with Crippen LogP contribution in [0.1, 0.15) is 24.9 Å². The Bertz CT molecular complexity index is 1060. The van der Waals surface area contributed by atoms with E-state index in [9.17, 15) is 9.59 Å². The summed E-state index contributed by atoms with van der Waals surface area (Å²) < 4.78 is 0. The summed E-state index contributed by atoms with van der Waals surface area (Å²) in [6.45, 7) is 4.34. The van der Waals surface area contributed by atoms with Gasteiger partial charge in [-0.1, -0.05) is 40.9 Å². The predicted octanol–water partition coefficient (Wildman–Crippen LogP) is 4.01. The third-order valence-electron chi connectivity index (χ3n) is 5.94. The zero-order valence-corrected chi connectivity index (χ0v) is 20.1. The van der Waals surface area contributed by atoms with Gasteiger partial charge in [0.15, 0.2) is 5.82 Å². The summed E-state index contributed by atoms with van der Waals surface area (Å²) in [5.74, 6) is 0.834. The van der Waals surface area contributed by atoms with Crippen molar-refractivity contribution in [1.29, 1.82) is 0 Å². The first-order valence-electron chi connectivity index (χ1n) is 10.5. The Morgan fingerprint density at radius 1 is 1.12 bits per heavy atom. The number of nitrogens with zero attached hydrogens (tertiary/aromatic N) is 5. The van der Waals surface area contributed by atoms with Crippen LogP contribution in [0.5, 0.6) is 0 Å². The molecule has 3 heterocycles. The third-order valence-corrected chi connectivity index (χ3v) is 6.78. The molecular formula is C21H23Cl3N6O3. The van der Waals surface area contributed by atoms with Crippen LogP contribution in [0.4, 0.5) is 16.6 Å². The summed E-state index contributed by atoms with van der Waals surface area (Å²) in [6.07, 6.45) is 1.05. The zero-order chi connectivity index (χ0) is 23.7. The second kappa shape index (κ2) is 9.79.